The molecule has 1 aromatic carbocycles. The van der Waals surface area contributed by atoms with Crippen LogP contribution in [0.3, 0.4) is 0 Å². The van der Waals surface area contributed by atoms with Gasteiger partial charge in [-0.15, -0.1) is 0 Å². The van der Waals surface area contributed by atoms with E-state index in [1.165, 1.54) is 17.0 Å². The van der Waals surface area contributed by atoms with Gasteiger partial charge in [-0.25, -0.2) is 19.3 Å². The maximum atomic E-state index is 13.0. The van der Waals surface area contributed by atoms with Crippen molar-refractivity contribution in [1.29, 1.82) is 0 Å². The molecule has 3 aromatic heterocycles. The van der Waals surface area contributed by atoms with Crippen LogP contribution in [-0.2, 0) is 24.9 Å². The summed E-state index contributed by atoms with van der Waals surface area (Å²) in [5.41, 5.74) is 1.52. The Morgan fingerprint density at radius 3 is 2.64 bits per heavy atom. The summed E-state index contributed by atoms with van der Waals surface area (Å²) < 4.78 is 3.94. The number of aromatic nitrogens is 5. The topological polar surface area (TPSA) is 112 Å². The second-order valence-corrected chi connectivity index (χ2v) is 6.62. The summed E-state index contributed by atoms with van der Waals surface area (Å²) in [4.78, 5) is 44.8. The Balaban J connectivity index is 2.01. The fraction of sp³-hybridized carbons (Fsp3) is 0.211. The quantitative estimate of drug-likeness (QED) is 0.563. The summed E-state index contributed by atoms with van der Waals surface area (Å²) in [5, 5.41) is 10.1. The normalized spacial score (nSPS) is 11.4. The Morgan fingerprint density at radius 1 is 1.14 bits per heavy atom. The fourth-order valence-corrected chi connectivity index (χ4v) is 3.57. The van der Waals surface area contributed by atoms with Gasteiger partial charge in [0, 0.05) is 36.5 Å². The molecule has 0 unspecified atom stereocenters. The number of fused-ring (bicyclic) bond motifs is 2. The van der Waals surface area contributed by atoms with E-state index in [0.717, 1.165) is 22.0 Å². The molecule has 0 radical (unpaired) electrons. The summed E-state index contributed by atoms with van der Waals surface area (Å²) in [6, 6.07) is 5.93. The zero-order valence-electron chi connectivity index (χ0n) is 15.3. The van der Waals surface area contributed by atoms with Gasteiger partial charge in [-0.1, -0.05) is 12.1 Å². The minimum absolute atomic E-state index is 0.0414. The fourth-order valence-electron chi connectivity index (χ4n) is 3.57. The molecule has 1 N–H and O–H groups in total. The highest BCUT2D eigenvalue weighted by molar-refractivity contribution is 5.87. The predicted molar refractivity (Wildman–Crippen MR) is 102 cm³/mol. The Kier molecular flexibility index (Phi) is 4.07. The molecule has 0 saturated heterocycles. The highest BCUT2D eigenvalue weighted by Gasteiger charge is 2.18. The number of hydrogen-bond acceptors (Lipinski definition) is 5. The Bertz CT molecular complexity index is 1360. The second-order valence-electron chi connectivity index (χ2n) is 6.62. The maximum absolute atomic E-state index is 13.0. The van der Waals surface area contributed by atoms with E-state index < -0.39 is 23.8 Å². The summed E-state index contributed by atoms with van der Waals surface area (Å²) >= 11 is 0. The lowest BCUT2D eigenvalue weighted by molar-refractivity contribution is -0.137. The van der Waals surface area contributed by atoms with Crippen LogP contribution in [0.25, 0.3) is 22.1 Å². The first-order valence-electron chi connectivity index (χ1n) is 8.58. The van der Waals surface area contributed by atoms with E-state index in [0.29, 0.717) is 4.57 Å². The number of aliphatic carboxylic acids is 1. The smallest absolute Gasteiger partial charge is 0.333 e. The minimum Gasteiger partial charge on any atom is -0.480 e. The van der Waals surface area contributed by atoms with Gasteiger partial charge < -0.3 is 9.67 Å². The molecule has 0 atom stereocenters. The zero-order chi connectivity index (χ0) is 20.0. The van der Waals surface area contributed by atoms with Crippen molar-refractivity contribution in [3.05, 3.63) is 68.8 Å². The van der Waals surface area contributed by atoms with Gasteiger partial charge in [-0.3, -0.25) is 14.2 Å². The van der Waals surface area contributed by atoms with E-state index in [1.54, 1.807) is 0 Å². The number of carboxylic acids is 1. The summed E-state index contributed by atoms with van der Waals surface area (Å²) in [5.74, 6) is -1.28. The number of carbonyl (C=O) groups is 1. The molecule has 0 aliphatic carbocycles. The Labute approximate surface area is 158 Å². The molecule has 4 rings (SSSR count). The van der Waals surface area contributed by atoms with Crippen LogP contribution in [0.4, 0.5) is 0 Å². The average molecular weight is 379 g/mol. The summed E-state index contributed by atoms with van der Waals surface area (Å²) in [6.45, 7) is 1.38. The van der Waals surface area contributed by atoms with Crippen LogP contribution in [0.5, 0.6) is 0 Å². The molecule has 0 amide bonds. The second kappa shape index (κ2) is 6.45. The Hall–Kier alpha value is -3.75. The molecule has 0 aliphatic heterocycles. The van der Waals surface area contributed by atoms with Gasteiger partial charge in [-0.05, 0) is 24.1 Å². The van der Waals surface area contributed by atoms with Gasteiger partial charge in [0.05, 0.1) is 6.54 Å². The van der Waals surface area contributed by atoms with Crippen LogP contribution in [0.2, 0.25) is 0 Å². The molecular formula is C19H17N5O4. The minimum atomic E-state index is -1.28. The zero-order valence-corrected chi connectivity index (χ0v) is 15.3. The molecule has 4 aromatic rings. The van der Waals surface area contributed by atoms with Crippen molar-refractivity contribution in [2.75, 3.05) is 0 Å². The van der Waals surface area contributed by atoms with Gasteiger partial charge in [0.25, 0.3) is 5.56 Å². The number of carboxylic acid groups (broad SMARTS) is 1. The van der Waals surface area contributed by atoms with Crippen molar-refractivity contribution in [3.8, 4) is 0 Å². The standard InChI is InChI=1S/C19H17N5O4/c1-11-4-3-5-13-15(11)12(8-22(13)2)9-23-17-16(20-6-7-21-17)18(27)24(19(23)28)10-14(25)26/h3-8H,9-10H2,1-2H3,(H,25,26). The molecule has 0 bridgehead atoms. The molecule has 3 heterocycles. The lowest BCUT2D eigenvalue weighted by Crippen LogP contribution is -2.42. The third kappa shape index (κ3) is 2.68. The number of benzene rings is 1. The van der Waals surface area contributed by atoms with Crippen LogP contribution < -0.4 is 11.2 Å². The first-order valence-corrected chi connectivity index (χ1v) is 8.58. The van der Waals surface area contributed by atoms with Crippen LogP contribution in [-0.4, -0.2) is 34.7 Å². The van der Waals surface area contributed by atoms with Crippen LogP contribution in [0.1, 0.15) is 11.1 Å². The molecular weight excluding hydrogens is 362 g/mol. The number of aryl methyl sites for hydroxylation is 2. The molecule has 0 spiro atoms. The van der Waals surface area contributed by atoms with Gasteiger partial charge in [0.1, 0.15) is 6.54 Å². The van der Waals surface area contributed by atoms with E-state index in [4.69, 9.17) is 5.11 Å². The summed E-state index contributed by atoms with van der Waals surface area (Å²) in [6.07, 6.45) is 4.65. The third-order valence-electron chi connectivity index (χ3n) is 4.77. The van der Waals surface area contributed by atoms with E-state index >= 15 is 0 Å². The molecule has 9 heteroatoms. The molecule has 142 valence electrons. The summed E-state index contributed by atoms with van der Waals surface area (Å²) in [7, 11) is 1.91. The molecule has 0 fully saturated rings. The van der Waals surface area contributed by atoms with E-state index in [-0.39, 0.29) is 17.7 Å². The molecule has 9 nitrogen and oxygen atoms in total. The van der Waals surface area contributed by atoms with Gasteiger partial charge in [0.15, 0.2) is 11.2 Å². The lowest BCUT2D eigenvalue weighted by atomic mass is 10.1. The van der Waals surface area contributed by atoms with Crippen molar-refractivity contribution < 1.29 is 9.90 Å². The first-order chi connectivity index (χ1) is 13.4. The third-order valence-corrected chi connectivity index (χ3v) is 4.77. The number of hydrogen-bond donors (Lipinski definition) is 1. The van der Waals surface area contributed by atoms with Gasteiger partial charge in [0.2, 0.25) is 0 Å². The van der Waals surface area contributed by atoms with Crippen molar-refractivity contribution in [2.45, 2.75) is 20.0 Å². The first kappa shape index (κ1) is 17.7. The maximum Gasteiger partial charge on any atom is 0.333 e. The lowest BCUT2D eigenvalue weighted by Gasteiger charge is -2.12. The van der Waals surface area contributed by atoms with Crippen LogP contribution >= 0.6 is 0 Å². The van der Waals surface area contributed by atoms with Crippen LogP contribution in [0.15, 0.2) is 46.4 Å². The van der Waals surface area contributed by atoms with Crippen molar-refractivity contribution in [3.63, 3.8) is 0 Å². The molecule has 28 heavy (non-hydrogen) atoms. The predicted octanol–water partition coefficient (Wildman–Crippen LogP) is 0.886. The SMILES string of the molecule is Cc1cccc2c1c(Cn1c(=O)n(CC(=O)O)c(=O)c3nccnc31)cn2C. The van der Waals surface area contributed by atoms with Crippen molar-refractivity contribution in [2.24, 2.45) is 7.05 Å². The monoisotopic (exact) mass is 379 g/mol. The molecule has 0 saturated carbocycles. The van der Waals surface area contributed by atoms with Crippen molar-refractivity contribution in [1.82, 2.24) is 23.7 Å². The van der Waals surface area contributed by atoms with Gasteiger partial charge >= 0.3 is 11.7 Å². The number of rotatable bonds is 4. The highest BCUT2D eigenvalue weighted by atomic mass is 16.4. The molecule has 0 aliphatic rings. The van der Waals surface area contributed by atoms with Crippen molar-refractivity contribution >= 4 is 28.0 Å². The van der Waals surface area contributed by atoms with Gasteiger partial charge in [-0.2, -0.15) is 0 Å². The van der Waals surface area contributed by atoms with E-state index in [9.17, 15) is 14.4 Å². The van der Waals surface area contributed by atoms with E-state index in [1.807, 2.05) is 42.9 Å². The highest BCUT2D eigenvalue weighted by Crippen LogP contribution is 2.25. The van der Waals surface area contributed by atoms with E-state index in [2.05, 4.69) is 9.97 Å². The average Bonchev–Trinajstić information content (AvgIpc) is 2.99. The number of nitrogens with zero attached hydrogens (tertiary/aromatic N) is 5. The largest absolute Gasteiger partial charge is 0.480 e. The Morgan fingerprint density at radius 2 is 1.89 bits per heavy atom. The van der Waals surface area contributed by atoms with Crippen LogP contribution in [0, 0.1) is 6.92 Å².